The number of pyridine rings is 2. The maximum absolute atomic E-state index is 13.1. The average molecular weight is 490 g/mol. The van der Waals surface area contributed by atoms with Gasteiger partial charge in [-0.1, -0.05) is 31.5 Å². The van der Waals surface area contributed by atoms with Crippen LogP contribution in [-0.4, -0.2) is 47.7 Å². The second-order valence-corrected chi connectivity index (χ2v) is 9.17. The lowest BCUT2D eigenvalue weighted by Crippen LogP contribution is -2.35. The van der Waals surface area contributed by atoms with E-state index >= 15 is 0 Å². The molecule has 10 heteroatoms. The van der Waals surface area contributed by atoms with E-state index in [1.165, 1.54) is 4.68 Å². The highest BCUT2D eigenvalue weighted by Gasteiger charge is 2.30. The summed E-state index contributed by atoms with van der Waals surface area (Å²) in [4.78, 5) is 34.7. The number of benzene rings is 1. The van der Waals surface area contributed by atoms with Crippen molar-refractivity contribution in [3.8, 4) is 0 Å². The molecule has 3 aromatic heterocycles. The smallest absolute Gasteiger partial charge is 0.327 e. The van der Waals surface area contributed by atoms with Gasteiger partial charge in [0.25, 0.3) is 5.56 Å². The molecule has 0 aliphatic carbocycles. The molecule has 4 aromatic rings. The van der Waals surface area contributed by atoms with Gasteiger partial charge in [-0.15, -0.1) is 5.10 Å². The fraction of sp³-hybridized carbons (Fsp3) is 0.385. The van der Waals surface area contributed by atoms with Crippen LogP contribution in [0.3, 0.4) is 0 Å². The largest absolute Gasteiger partial charge is 0.465 e. The van der Waals surface area contributed by atoms with E-state index in [1.807, 2.05) is 37.3 Å². The van der Waals surface area contributed by atoms with Crippen LogP contribution in [0.5, 0.6) is 0 Å². The van der Waals surface area contributed by atoms with Crippen LogP contribution >= 0.6 is 0 Å². The van der Waals surface area contributed by atoms with Gasteiger partial charge in [0.1, 0.15) is 6.54 Å². The number of nitrogens with zero attached hydrogens (tertiary/aromatic N) is 6. The number of aryl methyl sites for hydroxylation is 1. The maximum Gasteiger partial charge on any atom is 0.327 e. The average Bonchev–Trinajstić information content (AvgIpc) is 3.27. The van der Waals surface area contributed by atoms with Gasteiger partial charge in [0.05, 0.1) is 12.6 Å². The van der Waals surface area contributed by atoms with Gasteiger partial charge in [-0.25, -0.2) is 4.68 Å². The first-order chi connectivity index (χ1) is 17.4. The minimum absolute atomic E-state index is 0.0652. The first kappa shape index (κ1) is 25.2. The zero-order chi connectivity index (χ0) is 25.7. The normalized spacial score (nSPS) is 12.4. The second-order valence-electron chi connectivity index (χ2n) is 9.17. The molecular formula is C26H31N7O3. The Morgan fingerprint density at radius 3 is 2.75 bits per heavy atom. The molecule has 4 rings (SSSR count). The molecular weight excluding hydrogens is 458 g/mol. The van der Waals surface area contributed by atoms with Crippen molar-refractivity contribution >= 4 is 16.9 Å². The summed E-state index contributed by atoms with van der Waals surface area (Å²) in [6, 6.07) is 11.5. The van der Waals surface area contributed by atoms with Gasteiger partial charge in [-0.2, -0.15) is 0 Å². The van der Waals surface area contributed by atoms with Gasteiger partial charge in [0.15, 0.2) is 5.82 Å². The van der Waals surface area contributed by atoms with Crippen LogP contribution in [0, 0.1) is 12.8 Å². The number of rotatable bonds is 10. The Labute approximate surface area is 209 Å². The first-order valence-electron chi connectivity index (χ1n) is 12.0. The monoisotopic (exact) mass is 489 g/mol. The fourth-order valence-corrected chi connectivity index (χ4v) is 4.43. The fourth-order valence-electron chi connectivity index (χ4n) is 4.43. The SMILES string of the molecule is CCOC(=O)Cn1nnnc1[C@@H](C(C)C)N(Cc1cccnc1)Cc1cc2cc(C)ccc2[nH]c1=O. The van der Waals surface area contributed by atoms with E-state index in [0.29, 0.717) is 24.5 Å². The lowest BCUT2D eigenvalue weighted by Gasteiger charge is -2.33. The Morgan fingerprint density at radius 2 is 2.03 bits per heavy atom. The quantitative estimate of drug-likeness (QED) is 0.337. The van der Waals surface area contributed by atoms with Crippen molar-refractivity contribution in [3.63, 3.8) is 0 Å². The Bertz CT molecular complexity index is 1380. The van der Waals surface area contributed by atoms with Gasteiger partial charge in [0.2, 0.25) is 0 Å². The summed E-state index contributed by atoms with van der Waals surface area (Å²) in [7, 11) is 0. The standard InChI is InChI=1S/C26H31N7O3/c1-5-36-23(34)16-33-25(29-30-31-33)24(17(2)3)32(14-19-7-6-10-27-13-19)15-21-12-20-11-18(4)8-9-22(20)28-26(21)35/h6-13,17,24H,5,14-16H2,1-4H3,(H,28,35)/t24-/m1/s1. The van der Waals surface area contributed by atoms with Crippen molar-refractivity contribution in [1.29, 1.82) is 0 Å². The summed E-state index contributed by atoms with van der Waals surface area (Å²) in [6.45, 7) is 8.97. The Morgan fingerprint density at radius 1 is 1.19 bits per heavy atom. The van der Waals surface area contributed by atoms with Gasteiger partial charge in [-0.05, 0) is 65.4 Å². The molecule has 0 aliphatic rings. The molecule has 0 unspecified atom stereocenters. The molecule has 3 heterocycles. The van der Waals surface area contributed by atoms with Gasteiger partial charge in [0, 0.05) is 36.6 Å². The zero-order valence-corrected chi connectivity index (χ0v) is 21.0. The molecule has 10 nitrogen and oxygen atoms in total. The molecule has 36 heavy (non-hydrogen) atoms. The third kappa shape index (κ3) is 5.83. The summed E-state index contributed by atoms with van der Waals surface area (Å²) in [6.07, 6.45) is 3.53. The van der Waals surface area contributed by atoms with Crippen LogP contribution < -0.4 is 5.56 Å². The number of carbonyl (C=O) groups is 1. The lowest BCUT2D eigenvalue weighted by atomic mass is 9.99. The van der Waals surface area contributed by atoms with Gasteiger partial charge < -0.3 is 9.72 Å². The van der Waals surface area contributed by atoms with E-state index in [9.17, 15) is 9.59 Å². The van der Waals surface area contributed by atoms with Crippen molar-refractivity contribution in [3.05, 3.63) is 81.7 Å². The number of tetrazole rings is 1. The highest BCUT2D eigenvalue weighted by molar-refractivity contribution is 5.79. The summed E-state index contributed by atoms with van der Waals surface area (Å²) in [5, 5.41) is 13.2. The number of hydrogen-bond donors (Lipinski definition) is 1. The predicted molar refractivity (Wildman–Crippen MR) is 135 cm³/mol. The van der Waals surface area contributed by atoms with Crippen LogP contribution in [0.2, 0.25) is 0 Å². The summed E-state index contributed by atoms with van der Waals surface area (Å²) < 4.78 is 6.58. The summed E-state index contributed by atoms with van der Waals surface area (Å²) >= 11 is 0. The first-order valence-corrected chi connectivity index (χ1v) is 12.0. The number of ether oxygens (including phenoxy) is 1. The van der Waals surface area contributed by atoms with Crippen LogP contribution in [0.25, 0.3) is 10.9 Å². The molecule has 188 valence electrons. The second kappa shape index (κ2) is 11.2. The van der Waals surface area contributed by atoms with Crippen molar-refractivity contribution in [2.75, 3.05) is 6.61 Å². The molecule has 1 N–H and O–H groups in total. The number of esters is 1. The van der Waals surface area contributed by atoms with Crippen molar-refractivity contribution in [1.82, 2.24) is 35.1 Å². The number of nitrogens with one attached hydrogen (secondary N) is 1. The third-order valence-corrected chi connectivity index (χ3v) is 5.99. The van der Waals surface area contributed by atoms with Crippen LogP contribution in [-0.2, 0) is 29.2 Å². The highest BCUT2D eigenvalue weighted by atomic mass is 16.5. The van der Waals surface area contributed by atoms with E-state index < -0.39 is 5.97 Å². The molecule has 0 spiro atoms. The maximum atomic E-state index is 13.1. The Hall–Kier alpha value is -3.92. The lowest BCUT2D eigenvalue weighted by molar-refractivity contribution is -0.144. The van der Waals surface area contributed by atoms with Crippen LogP contribution in [0.4, 0.5) is 0 Å². The molecule has 0 amide bonds. The minimum Gasteiger partial charge on any atom is -0.465 e. The number of hydrogen-bond acceptors (Lipinski definition) is 8. The molecule has 0 saturated heterocycles. The summed E-state index contributed by atoms with van der Waals surface area (Å²) in [5.74, 6) is 0.194. The molecule has 0 saturated carbocycles. The topological polar surface area (TPSA) is 119 Å². The minimum atomic E-state index is -0.409. The molecule has 0 aliphatic heterocycles. The molecule has 1 atom stereocenters. The van der Waals surface area contributed by atoms with Crippen LogP contribution in [0.15, 0.2) is 53.6 Å². The van der Waals surface area contributed by atoms with Crippen LogP contribution in [0.1, 0.15) is 49.3 Å². The molecule has 0 radical (unpaired) electrons. The zero-order valence-electron chi connectivity index (χ0n) is 21.0. The highest BCUT2D eigenvalue weighted by Crippen LogP contribution is 2.30. The molecule has 0 bridgehead atoms. The third-order valence-electron chi connectivity index (χ3n) is 5.99. The van der Waals surface area contributed by atoms with E-state index in [2.05, 4.69) is 50.3 Å². The molecule has 0 fully saturated rings. The number of aromatic nitrogens is 6. The van der Waals surface area contributed by atoms with E-state index in [4.69, 9.17) is 4.74 Å². The van der Waals surface area contributed by atoms with Gasteiger partial charge >= 0.3 is 5.97 Å². The van der Waals surface area contributed by atoms with Crippen molar-refractivity contribution in [2.24, 2.45) is 5.92 Å². The van der Waals surface area contributed by atoms with Crippen molar-refractivity contribution in [2.45, 2.75) is 53.4 Å². The van der Waals surface area contributed by atoms with Gasteiger partial charge in [-0.3, -0.25) is 19.5 Å². The number of carbonyl (C=O) groups excluding carboxylic acids is 1. The van der Waals surface area contributed by atoms with Crippen molar-refractivity contribution < 1.29 is 9.53 Å². The molecule has 1 aromatic carbocycles. The Kier molecular flexibility index (Phi) is 7.84. The van der Waals surface area contributed by atoms with E-state index in [1.54, 1.807) is 19.3 Å². The number of H-pyrrole nitrogens is 1. The predicted octanol–water partition coefficient (Wildman–Crippen LogP) is 3.18. The van der Waals surface area contributed by atoms with E-state index in [0.717, 1.165) is 22.0 Å². The summed E-state index contributed by atoms with van der Waals surface area (Å²) in [5.41, 5.74) is 3.39. The van der Waals surface area contributed by atoms with E-state index in [-0.39, 0.29) is 30.7 Å². The number of aromatic amines is 1. The Balaban J connectivity index is 1.75. The number of fused-ring (bicyclic) bond motifs is 1.